The van der Waals surface area contributed by atoms with Gasteiger partial charge in [-0.25, -0.2) is 0 Å². The van der Waals surface area contributed by atoms with E-state index < -0.39 is 13.2 Å². The summed E-state index contributed by atoms with van der Waals surface area (Å²) in [4.78, 5) is 9.00. The molecule has 4 aromatic rings. The molecule has 154 valence electrons. The van der Waals surface area contributed by atoms with Crippen molar-refractivity contribution in [1.82, 2.24) is 0 Å². The molecule has 0 radical (unpaired) electrons. The van der Waals surface area contributed by atoms with Gasteiger partial charge in [-0.3, -0.25) is 4.79 Å². The van der Waals surface area contributed by atoms with Crippen LogP contribution in [0.1, 0.15) is 6.92 Å². The maximum Gasteiger partial charge on any atom is 0.300 e. The first-order valence-electron chi connectivity index (χ1n) is 9.46. The van der Waals surface area contributed by atoms with Crippen molar-refractivity contribution in [3.63, 3.8) is 0 Å². The van der Waals surface area contributed by atoms with Gasteiger partial charge in [-0.2, -0.15) is 0 Å². The average Bonchev–Trinajstić information content (AvgIpc) is 2.77. The van der Waals surface area contributed by atoms with Gasteiger partial charge >= 0.3 is 0 Å². The van der Waals surface area contributed by atoms with Crippen LogP contribution in [0.2, 0.25) is 0 Å². The summed E-state index contributed by atoms with van der Waals surface area (Å²) >= 11 is 0. The zero-order chi connectivity index (χ0) is 20.5. The summed E-state index contributed by atoms with van der Waals surface area (Å²) in [6, 6.07) is 43.8. The summed E-state index contributed by atoms with van der Waals surface area (Å²) in [5.41, 5.74) is 0. The van der Waals surface area contributed by atoms with E-state index in [1.54, 1.807) is 0 Å². The molecule has 0 aliphatic carbocycles. The van der Waals surface area contributed by atoms with Gasteiger partial charge in [0.1, 0.15) is 28.5 Å². The van der Waals surface area contributed by atoms with E-state index in [1.807, 2.05) is 0 Å². The predicted molar refractivity (Wildman–Crippen MR) is 125 cm³/mol. The van der Waals surface area contributed by atoms with Gasteiger partial charge in [-0.05, 0) is 48.5 Å². The Morgan fingerprint density at radius 2 is 0.700 bits per heavy atom. The van der Waals surface area contributed by atoms with Crippen molar-refractivity contribution in [1.29, 1.82) is 0 Å². The molecule has 30 heavy (non-hydrogen) atoms. The van der Waals surface area contributed by atoms with Crippen LogP contribution in [0.3, 0.4) is 0 Å². The van der Waals surface area contributed by atoms with Gasteiger partial charge < -0.3 is 5.11 Å². The zero-order valence-electron chi connectivity index (χ0n) is 16.7. The molecule has 0 fully saturated rings. The number of carbonyl (C=O) groups is 1. The topological polar surface area (TPSA) is 37.3 Å². The van der Waals surface area contributed by atoms with E-state index in [1.165, 1.54) is 21.2 Å². The van der Waals surface area contributed by atoms with Gasteiger partial charge in [0.2, 0.25) is 0 Å². The van der Waals surface area contributed by atoms with E-state index in [9.17, 15) is 0 Å². The minimum absolute atomic E-state index is 0. The summed E-state index contributed by atoms with van der Waals surface area (Å²) < 4.78 is 0. The SMILES string of the molecule is CC(=O)O.[Pd].c1ccc([P+](c2ccccc2)(c2ccccc2)c2ccccc2)cc1. The monoisotopic (exact) mass is 505 g/mol. The van der Waals surface area contributed by atoms with Crippen LogP contribution in [0.25, 0.3) is 0 Å². The Balaban J connectivity index is 0.000000591. The molecule has 0 saturated carbocycles. The molecule has 0 amide bonds. The van der Waals surface area contributed by atoms with E-state index in [0.29, 0.717) is 0 Å². The second kappa shape index (κ2) is 11.6. The molecule has 0 atom stereocenters. The minimum Gasteiger partial charge on any atom is -0.481 e. The van der Waals surface area contributed by atoms with Crippen molar-refractivity contribution in [3.05, 3.63) is 121 Å². The summed E-state index contributed by atoms with van der Waals surface area (Å²) in [5.74, 6) is -0.833. The van der Waals surface area contributed by atoms with Gasteiger partial charge in [-0.15, -0.1) is 0 Å². The van der Waals surface area contributed by atoms with Crippen LogP contribution in [0.5, 0.6) is 0 Å². The number of carboxylic acid groups (broad SMARTS) is 1. The number of benzene rings is 4. The number of aliphatic carboxylic acids is 1. The Morgan fingerprint density at radius 3 is 0.867 bits per heavy atom. The number of rotatable bonds is 4. The minimum atomic E-state index is -1.91. The Labute approximate surface area is 192 Å². The second-order valence-electron chi connectivity index (χ2n) is 6.53. The third-order valence-corrected chi connectivity index (χ3v) is 8.86. The predicted octanol–water partition coefficient (Wildman–Crippen LogP) is 4.39. The Kier molecular flexibility index (Phi) is 9.16. The average molecular weight is 506 g/mol. The fraction of sp³-hybridized carbons (Fsp3) is 0.0385. The second-order valence-corrected chi connectivity index (χ2v) is 9.94. The molecule has 0 spiro atoms. The number of hydrogen-bond donors (Lipinski definition) is 1. The van der Waals surface area contributed by atoms with E-state index in [0.717, 1.165) is 6.92 Å². The molecule has 2 nitrogen and oxygen atoms in total. The Morgan fingerprint density at radius 1 is 0.533 bits per heavy atom. The molecule has 4 aromatic carbocycles. The van der Waals surface area contributed by atoms with Crippen molar-refractivity contribution in [2.75, 3.05) is 0 Å². The molecular weight excluding hydrogens is 482 g/mol. The molecular formula is C26H24O2PPd+. The molecule has 0 aliphatic rings. The maximum atomic E-state index is 9.00. The summed E-state index contributed by atoms with van der Waals surface area (Å²) in [6.07, 6.45) is 0. The van der Waals surface area contributed by atoms with Crippen LogP contribution >= 0.6 is 7.26 Å². The van der Waals surface area contributed by atoms with Crippen LogP contribution in [0.4, 0.5) is 0 Å². The first kappa shape index (κ1) is 23.7. The van der Waals surface area contributed by atoms with Crippen molar-refractivity contribution < 1.29 is 30.3 Å². The fourth-order valence-electron chi connectivity index (χ4n) is 3.50. The fourth-order valence-corrected chi connectivity index (χ4v) is 7.77. The molecule has 0 saturated heterocycles. The summed E-state index contributed by atoms with van der Waals surface area (Å²) in [6.45, 7) is 1.08. The van der Waals surface area contributed by atoms with Gasteiger partial charge in [-0.1, -0.05) is 72.8 Å². The largest absolute Gasteiger partial charge is 0.481 e. The Hall–Kier alpha value is -2.56. The summed E-state index contributed by atoms with van der Waals surface area (Å²) in [5, 5.41) is 13.0. The molecule has 0 unspecified atom stereocenters. The van der Waals surface area contributed by atoms with E-state index in [4.69, 9.17) is 9.90 Å². The van der Waals surface area contributed by atoms with Crippen LogP contribution in [0.15, 0.2) is 121 Å². The van der Waals surface area contributed by atoms with Gasteiger partial charge in [0.15, 0.2) is 0 Å². The van der Waals surface area contributed by atoms with Gasteiger partial charge in [0.05, 0.1) is 0 Å². The molecule has 0 aromatic heterocycles. The van der Waals surface area contributed by atoms with Crippen molar-refractivity contribution in [2.45, 2.75) is 6.92 Å². The van der Waals surface area contributed by atoms with Crippen LogP contribution in [0, 0.1) is 0 Å². The normalized spacial score (nSPS) is 10.2. The molecule has 4 rings (SSSR count). The molecule has 0 bridgehead atoms. The molecule has 4 heteroatoms. The van der Waals surface area contributed by atoms with Crippen molar-refractivity contribution in [3.8, 4) is 0 Å². The van der Waals surface area contributed by atoms with E-state index in [2.05, 4.69) is 121 Å². The summed E-state index contributed by atoms with van der Waals surface area (Å²) in [7, 11) is -1.91. The van der Waals surface area contributed by atoms with Crippen LogP contribution in [-0.2, 0) is 25.2 Å². The number of hydrogen-bond acceptors (Lipinski definition) is 1. The third kappa shape index (κ3) is 5.32. The molecule has 0 aliphatic heterocycles. The number of carboxylic acids is 1. The van der Waals surface area contributed by atoms with Crippen molar-refractivity contribution >= 4 is 34.4 Å². The van der Waals surface area contributed by atoms with Crippen molar-refractivity contribution in [2.24, 2.45) is 0 Å². The van der Waals surface area contributed by atoms with Gasteiger partial charge in [0, 0.05) is 27.3 Å². The molecule has 1 N–H and O–H groups in total. The van der Waals surface area contributed by atoms with Gasteiger partial charge in [0.25, 0.3) is 5.97 Å². The first-order chi connectivity index (χ1) is 14.2. The van der Waals surface area contributed by atoms with E-state index >= 15 is 0 Å². The zero-order valence-corrected chi connectivity index (χ0v) is 19.1. The molecule has 0 heterocycles. The maximum absolute atomic E-state index is 9.00. The Bertz CT molecular complexity index is 856. The first-order valence-corrected chi connectivity index (χ1v) is 11.3. The standard InChI is InChI=1S/C24H20P.C2H4O2.Pd/c1-5-13-21(14-6-1)25(22-15-7-2-8-16-22,23-17-9-3-10-18-23)24-19-11-4-12-20-24;1-2(3)4;/h1-20H;1H3,(H,3,4);/q+1;;. The smallest absolute Gasteiger partial charge is 0.300 e. The third-order valence-electron chi connectivity index (χ3n) is 4.57. The van der Waals surface area contributed by atoms with Crippen LogP contribution in [-0.4, -0.2) is 11.1 Å². The van der Waals surface area contributed by atoms with Crippen LogP contribution < -0.4 is 21.2 Å². The quantitative estimate of drug-likeness (QED) is 0.330. The van der Waals surface area contributed by atoms with E-state index in [-0.39, 0.29) is 20.4 Å².